The highest BCUT2D eigenvalue weighted by Crippen LogP contribution is 2.14. The van der Waals surface area contributed by atoms with Gasteiger partial charge in [-0.05, 0) is 19.1 Å². The van der Waals surface area contributed by atoms with Gasteiger partial charge in [-0.1, -0.05) is 48.5 Å². The number of aromatic nitrogens is 5. The summed E-state index contributed by atoms with van der Waals surface area (Å²) in [5.74, 6) is 0.344. The van der Waals surface area contributed by atoms with Gasteiger partial charge in [0.25, 0.3) is 5.56 Å². The summed E-state index contributed by atoms with van der Waals surface area (Å²) >= 11 is 0. The SMILES string of the molecule is CCn1c(=O)n(-c2ccccc2)c(=O)c2nc(-c3ccccc3)nnc21. The van der Waals surface area contributed by atoms with Gasteiger partial charge in [0, 0.05) is 12.1 Å². The lowest BCUT2D eigenvalue weighted by molar-refractivity contribution is 0.675. The quantitative estimate of drug-likeness (QED) is 0.567. The van der Waals surface area contributed by atoms with Crippen LogP contribution in [-0.4, -0.2) is 24.3 Å². The molecule has 0 unspecified atom stereocenters. The maximum atomic E-state index is 13.0. The van der Waals surface area contributed by atoms with Gasteiger partial charge in [-0.2, -0.15) is 0 Å². The Bertz CT molecular complexity index is 1200. The predicted octanol–water partition coefficient (Wildman–Crippen LogP) is 2.02. The molecule has 0 N–H and O–H groups in total. The van der Waals surface area contributed by atoms with Gasteiger partial charge in [-0.15, -0.1) is 10.2 Å². The molecule has 2 aromatic heterocycles. The van der Waals surface area contributed by atoms with Gasteiger partial charge in [0.05, 0.1) is 5.69 Å². The Labute approximate surface area is 148 Å². The molecule has 0 amide bonds. The standard InChI is InChI=1S/C19H15N5O2/c1-2-23-17-15(20-16(21-22-17)13-9-5-3-6-10-13)18(25)24(19(23)26)14-11-7-4-8-12-14/h3-12H,2H2,1H3. The van der Waals surface area contributed by atoms with Crippen LogP contribution in [0.5, 0.6) is 0 Å². The van der Waals surface area contributed by atoms with Gasteiger partial charge in [-0.25, -0.2) is 14.3 Å². The van der Waals surface area contributed by atoms with E-state index in [1.54, 1.807) is 24.3 Å². The molecule has 4 rings (SSSR count). The fraction of sp³-hybridized carbons (Fsp3) is 0.105. The third kappa shape index (κ3) is 2.50. The highest BCUT2D eigenvalue weighted by molar-refractivity contribution is 5.71. The van der Waals surface area contributed by atoms with E-state index in [4.69, 9.17) is 0 Å². The minimum absolute atomic E-state index is 0.115. The molecule has 7 heteroatoms. The van der Waals surface area contributed by atoms with Crippen LogP contribution in [0.3, 0.4) is 0 Å². The molecule has 2 aromatic carbocycles. The molecule has 0 saturated carbocycles. The van der Waals surface area contributed by atoms with Crippen molar-refractivity contribution in [2.75, 3.05) is 0 Å². The summed E-state index contributed by atoms with van der Waals surface area (Å²) in [5, 5.41) is 8.22. The molecule has 26 heavy (non-hydrogen) atoms. The number of fused-ring (bicyclic) bond motifs is 1. The molecule has 4 aromatic rings. The molecule has 128 valence electrons. The Balaban J connectivity index is 2.08. The summed E-state index contributed by atoms with van der Waals surface area (Å²) in [7, 11) is 0. The minimum atomic E-state index is -0.506. The monoisotopic (exact) mass is 345 g/mol. The summed E-state index contributed by atoms with van der Waals surface area (Å²) in [4.78, 5) is 30.3. The lowest BCUT2D eigenvalue weighted by Crippen LogP contribution is -2.39. The molecule has 0 saturated heterocycles. The van der Waals surface area contributed by atoms with Gasteiger partial charge in [0.2, 0.25) is 0 Å². The molecule has 0 spiro atoms. The van der Waals surface area contributed by atoms with Gasteiger partial charge in [0.1, 0.15) is 0 Å². The summed E-state index contributed by atoms with van der Waals surface area (Å²) in [5.41, 5.74) is 0.583. The Hall–Kier alpha value is -3.61. The fourth-order valence-corrected chi connectivity index (χ4v) is 2.85. The summed E-state index contributed by atoms with van der Waals surface area (Å²) in [6.07, 6.45) is 0. The van der Waals surface area contributed by atoms with Crippen LogP contribution in [0.25, 0.3) is 28.2 Å². The summed E-state index contributed by atoms with van der Waals surface area (Å²) < 4.78 is 2.52. The fourth-order valence-electron chi connectivity index (χ4n) is 2.85. The van der Waals surface area contributed by atoms with E-state index >= 15 is 0 Å². The first kappa shape index (κ1) is 15.9. The second kappa shape index (κ2) is 6.36. The van der Waals surface area contributed by atoms with Crippen molar-refractivity contribution in [2.45, 2.75) is 13.5 Å². The van der Waals surface area contributed by atoms with Gasteiger partial charge >= 0.3 is 5.69 Å². The maximum absolute atomic E-state index is 13.0. The van der Waals surface area contributed by atoms with E-state index in [9.17, 15) is 9.59 Å². The second-order valence-electron chi connectivity index (χ2n) is 5.68. The zero-order chi connectivity index (χ0) is 18.1. The molecule has 0 bridgehead atoms. The second-order valence-corrected chi connectivity index (χ2v) is 5.68. The maximum Gasteiger partial charge on any atom is 0.337 e. The normalized spacial score (nSPS) is 11.0. The molecule has 7 nitrogen and oxygen atoms in total. The van der Waals surface area contributed by atoms with Crippen LogP contribution in [0.2, 0.25) is 0 Å². The van der Waals surface area contributed by atoms with Gasteiger partial charge < -0.3 is 0 Å². The Morgan fingerprint density at radius 3 is 2.19 bits per heavy atom. The van der Waals surface area contributed by atoms with E-state index < -0.39 is 11.2 Å². The van der Waals surface area contributed by atoms with Crippen molar-refractivity contribution in [3.8, 4) is 17.1 Å². The van der Waals surface area contributed by atoms with Crippen LogP contribution in [0.4, 0.5) is 0 Å². The molecule has 0 fully saturated rings. The van der Waals surface area contributed by atoms with Crippen LogP contribution < -0.4 is 11.2 Å². The number of hydrogen-bond donors (Lipinski definition) is 0. The third-order valence-corrected chi connectivity index (χ3v) is 4.12. The average Bonchev–Trinajstić information content (AvgIpc) is 2.70. The van der Waals surface area contributed by atoms with Crippen molar-refractivity contribution >= 4 is 11.2 Å². The first-order valence-corrected chi connectivity index (χ1v) is 8.22. The minimum Gasteiger partial charge on any atom is -0.274 e. The van der Waals surface area contributed by atoms with Crippen molar-refractivity contribution < 1.29 is 0 Å². The molecule has 0 radical (unpaired) electrons. The van der Waals surface area contributed by atoms with Crippen molar-refractivity contribution in [2.24, 2.45) is 0 Å². The molecular weight excluding hydrogens is 330 g/mol. The topological polar surface area (TPSA) is 82.7 Å². The third-order valence-electron chi connectivity index (χ3n) is 4.12. The molecule has 0 aliphatic rings. The Morgan fingerprint density at radius 2 is 1.54 bits per heavy atom. The highest BCUT2D eigenvalue weighted by atomic mass is 16.2. The van der Waals surface area contributed by atoms with Crippen molar-refractivity contribution in [3.05, 3.63) is 81.5 Å². The zero-order valence-electron chi connectivity index (χ0n) is 14.0. The molecule has 0 aliphatic carbocycles. The van der Waals surface area contributed by atoms with Crippen LogP contribution >= 0.6 is 0 Å². The van der Waals surface area contributed by atoms with Crippen molar-refractivity contribution in [3.63, 3.8) is 0 Å². The van der Waals surface area contributed by atoms with Crippen molar-refractivity contribution in [1.82, 2.24) is 24.3 Å². The van der Waals surface area contributed by atoms with Crippen LogP contribution in [0, 0.1) is 0 Å². The molecule has 0 aliphatic heterocycles. The van der Waals surface area contributed by atoms with E-state index in [0.717, 1.165) is 10.1 Å². The smallest absolute Gasteiger partial charge is 0.274 e. The van der Waals surface area contributed by atoms with Gasteiger partial charge in [-0.3, -0.25) is 9.36 Å². The molecule has 0 atom stereocenters. The van der Waals surface area contributed by atoms with E-state index in [1.165, 1.54) is 4.57 Å². The van der Waals surface area contributed by atoms with Gasteiger partial charge in [0.15, 0.2) is 17.0 Å². The summed E-state index contributed by atoms with van der Waals surface area (Å²) in [6.45, 7) is 2.16. The molecular formula is C19H15N5O2. The number of nitrogens with zero attached hydrogens (tertiary/aromatic N) is 5. The zero-order valence-corrected chi connectivity index (χ0v) is 14.0. The van der Waals surface area contributed by atoms with E-state index in [2.05, 4.69) is 15.2 Å². The summed E-state index contributed by atoms with van der Waals surface area (Å²) in [6, 6.07) is 18.1. The number of aryl methyl sites for hydroxylation is 1. The van der Waals surface area contributed by atoms with Crippen LogP contribution in [0.15, 0.2) is 70.3 Å². The Morgan fingerprint density at radius 1 is 0.885 bits per heavy atom. The highest BCUT2D eigenvalue weighted by Gasteiger charge is 2.17. The van der Waals surface area contributed by atoms with Crippen LogP contribution in [0.1, 0.15) is 6.92 Å². The predicted molar refractivity (Wildman–Crippen MR) is 98.3 cm³/mol. The number of benzene rings is 2. The largest absolute Gasteiger partial charge is 0.337 e. The van der Waals surface area contributed by atoms with E-state index in [-0.39, 0.29) is 11.2 Å². The van der Waals surface area contributed by atoms with E-state index in [0.29, 0.717) is 18.1 Å². The Kier molecular flexibility index (Phi) is 3.89. The number of hydrogen-bond acceptors (Lipinski definition) is 5. The van der Waals surface area contributed by atoms with Crippen molar-refractivity contribution in [1.29, 1.82) is 0 Å². The first-order chi connectivity index (χ1) is 12.7. The number of rotatable bonds is 3. The average molecular weight is 345 g/mol. The lowest BCUT2D eigenvalue weighted by Gasteiger charge is -2.11. The van der Waals surface area contributed by atoms with Crippen LogP contribution in [-0.2, 0) is 6.54 Å². The first-order valence-electron chi connectivity index (χ1n) is 8.22. The van der Waals surface area contributed by atoms with E-state index in [1.807, 2.05) is 43.3 Å². The number of para-hydroxylation sites is 1. The lowest BCUT2D eigenvalue weighted by atomic mass is 10.2. The molecule has 2 heterocycles.